The molecule has 0 aliphatic rings. The monoisotopic (exact) mass is 303 g/mol. The van der Waals surface area contributed by atoms with E-state index >= 15 is 0 Å². The third-order valence-corrected chi connectivity index (χ3v) is 3.49. The Morgan fingerprint density at radius 2 is 2.00 bits per heavy atom. The zero-order valence-electron chi connectivity index (χ0n) is 10.6. The van der Waals surface area contributed by atoms with Gasteiger partial charge in [-0.25, -0.2) is 4.79 Å². The highest BCUT2D eigenvalue weighted by Gasteiger charge is 2.26. The highest BCUT2D eigenvalue weighted by molar-refractivity contribution is 6.36. The minimum Gasteiger partial charge on any atom is -0.480 e. The summed E-state index contributed by atoms with van der Waals surface area (Å²) in [6.07, 6.45) is 0.644. The van der Waals surface area contributed by atoms with Crippen molar-refractivity contribution >= 4 is 35.1 Å². The number of hydrogen-bond acceptors (Lipinski definition) is 2. The molecule has 2 N–H and O–H groups in total. The van der Waals surface area contributed by atoms with Crippen molar-refractivity contribution in [1.29, 1.82) is 0 Å². The van der Waals surface area contributed by atoms with E-state index in [9.17, 15) is 9.59 Å². The molecule has 1 aromatic carbocycles. The largest absolute Gasteiger partial charge is 0.480 e. The number of carbonyl (C=O) groups is 2. The Morgan fingerprint density at radius 1 is 1.37 bits per heavy atom. The average molecular weight is 304 g/mol. The van der Waals surface area contributed by atoms with Crippen molar-refractivity contribution in [2.75, 3.05) is 0 Å². The van der Waals surface area contributed by atoms with Gasteiger partial charge >= 0.3 is 5.97 Å². The molecule has 0 bridgehead atoms. The van der Waals surface area contributed by atoms with E-state index in [0.717, 1.165) is 0 Å². The number of benzene rings is 1. The molecule has 1 rings (SSSR count). The van der Waals surface area contributed by atoms with Crippen LogP contribution in [0.15, 0.2) is 18.2 Å². The zero-order valence-corrected chi connectivity index (χ0v) is 12.1. The SMILES string of the molecule is CC[C@H](C)[C@@H](NC(=O)c1ccc(Cl)cc1Cl)C(=O)O. The summed E-state index contributed by atoms with van der Waals surface area (Å²) in [5, 5.41) is 12.2. The molecule has 19 heavy (non-hydrogen) atoms. The number of halogens is 2. The molecule has 0 aromatic heterocycles. The number of rotatable bonds is 5. The third-order valence-electron chi connectivity index (χ3n) is 2.94. The van der Waals surface area contributed by atoms with Crippen molar-refractivity contribution < 1.29 is 14.7 Å². The lowest BCUT2D eigenvalue weighted by Crippen LogP contribution is -2.45. The zero-order chi connectivity index (χ0) is 14.6. The molecule has 1 aromatic rings. The van der Waals surface area contributed by atoms with Crippen molar-refractivity contribution in [3.8, 4) is 0 Å². The van der Waals surface area contributed by atoms with Crippen LogP contribution in [0.4, 0.5) is 0 Å². The van der Waals surface area contributed by atoms with E-state index in [4.69, 9.17) is 28.3 Å². The Balaban J connectivity index is 2.91. The van der Waals surface area contributed by atoms with Gasteiger partial charge in [-0.1, -0.05) is 43.5 Å². The Kier molecular flexibility index (Phi) is 5.63. The van der Waals surface area contributed by atoms with Crippen molar-refractivity contribution in [2.24, 2.45) is 5.92 Å². The van der Waals surface area contributed by atoms with Gasteiger partial charge in [-0.05, 0) is 24.1 Å². The van der Waals surface area contributed by atoms with E-state index in [0.29, 0.717) is 11.4 Å². The second kappa shape index (κ2) is 6.78. The van der Waals surface area contributed by atoms with Gasteiger partial charge in [0.05, 0.1) is 10.6 Å². The van der Waals surface area contributed by atoms with Gasteiger partial charge in [0.15, 0.2) is 0 Å². The minimum atomic E-state index is -1.06. The Hall–Kier alpha value is -1.26. The molecule has 1 amide bonds. The number of nitrogens with one attached hydrogen (secondary N) is 1. The highest BCUT2D eigenvalue weighted by Crippen LogP contribution is 2.21. The standard InChI is InChI=1S/C13H15Cl2NO3/c1-3-7(2)11(13(18)19)16-12(17)9-5-4-8(14)6-10(9)15/h4-7,11H,3H2,1-2H3,(H,16,17)(H,18,19)/t7-,11+/m0/s1. The second-order valence-corrected chi connectivity index (χ2v) is 5.14. The molecule has 6 heteroatoms. The maximum atomic E-state index is 12.0. The molecule has 0 saturated heterocycles. The molecule has 0 fully saturated rings. The van der Waals surface area contributed by atoms with E-state index in [1.807, 2.05) is 6.92 Å². The van der Waals surface area contributed by atoms with Crippen LogP contribution in [0.2, 0.25) is 10.0 Å². The van der Waals surface area contributed by atoms with E-state index in [1.54, 1.807) is 6.92 Å². The van der Waals surface area contributed by atoms with Gasteiger partial charge in [0.1, 0.15) is 6.04 Å². The first-order valence-corrected chi connectivity index (χ1v) is 6.61. The van der Waals surface area contributed by atoms with E-state index < -0.39 is 17.9 Å². The summed E-state index contributed by atoms with van der Waals surface area (Å²) in [7, 11) is 0. The van der Waals surface area contributed by atoms with Crippen LogP contribution in [0.3, 0.4) is 0 Å². The molecule has 0 unspecified atom stereocenters. The second-order valence-electron chi connectivity index (χ2n) is 4.30. The molecular formula is C13H15Cl2NO3. The Labute approximate surface area is 121 Å². The fourth-order valence-corrected chi connectivity index (χ4v) is 2.07. The first-order chi connectivity index (χ1) is 8.86. The maximum absolute atomic E-state index is 12.0. The Morgan fingerprint density at radius 3 is 2.47 bits per heavy atom. The molecule has 2 atom stereocenters. The molecule has 0 aliphatic carbocycles. The van der Waals surface area contributed by atoms with Crippen LogP contribution in [-0.2, 0) is 4.79 Å². The van der Waals surface area contributed by atoms with Crippen LogP contribution in [0, 0.1) is 5.92 Å². The predicted octanol–water partition coefficient (Wildman–Crippen LogP) is 3.22. The summed E-state index contributed by atoms with van der Waals surface area (Å²) in [6, 6.07) is 3.50. The van der Waals surface area contributed by atoms with Crippen molar-refractivity contribution in [1.82, 2.24) is 5.32 Å². The van der Waals surface area contributed by atoms with Gasteiger partial charge in [0.25, 0.3) is 5.91 Å². The third kappa shape index (κ3) is 4.11. The number of aliphatic carboxylic acids is 1. The van der Waals surface area contributed by atoms with Gasteiger partial charge in [-0.2, -0.15) is 0 Å². The molecule has 104 valence electrons. The summed E-state index contributed by atoms with van der Waals surface area (Å²) >= 11 is 11.6. The van der Waals surface area contributed by atoms with Gasteiger partial charge in [-0.3, -0.25) is 4.79 Å². The lowest BCUT2D eigenvalue weighted by atomic mass is 9.99. The molecule has 0 spiro atoms. The topological polar surface area (TPSA) is 66.4 Å². The lowest BCUT2D eigenvalue weighted by molar-refractivity contribution is -0.140. The fourth-order valence-electron chi connectivity index (χ4n) is 1.58. The van der Waals surface area contributed by atoms with Crippen LogP contribution in [0.25, 0.3) is 0 Å². The summed E-state index contributed by atoms with van der Waals surface area (Å²) in [4.78, 5) is 23.1. The number of hydrogen-bond donors (Lipinski definition) is 2. The fraction of sp³-hybridized carbons (Fsp3) is 0.385. The van der Waals surface area contributed by atoms with Gasteiger partial charge in [-0.15, -0.1) is 0 Å². The van der Waals surface area contributed by atoms with Gasteiger partial charge in [0, 0.05) is 5.02 Å². The summed E-state index contributed by atoms with van der Waals surface area (Å²) in [5.74, 6) is -1.75. The molecule has 0 radical (unpaired) electrons. The van der Waals surface area contributed by atoms with Crippen molar-refractivity contribution in [3.05, 3.63) is 33.8 Å². The number of carbonyl (C=O) groups excluding carboxylic acids is 1. The van der Waals surface area contributed by atoms with Crippen LogP contribution in [-0.4, -0.2) is 23.0 Å². The van der Waals surface area contributed by atoms with E-state index in [1.165, 1.54) is 18.2 Å². The minimum absolute atomic E-state index is 0.174. The first kappa shape index (κ1) is 15.8. The highest BCUT2D eigenvalue weighted by atomic mass is 35.5. The first-order valence-electron chi connectivity index (χ1n) is 5.85. The maximum Gasteiger partial charge on any atom is 0.326 e. The van der Waals surface area contributed by atoms with Crippen LogP contribution < -0.4 is 5.32 Å². The molecular weight excluding hydrogens is 289 g/mol. The molecule has 0 saturated carbocycles. The van der Waals surface area contributed by atoms with Crippen molar-refractivity contribution in [2.45, 2.75) is 26.3 Å². The normalized spacial score (nSPS) is 13.7. The van der Waals surface area contributed by atoms with Crippen LogP contribution in [0.5, 0.6) is 0 Å². The predicted molar refractivity (Wildman–Crippen MR) is 74.8 cm³/mol. The van der Waals surface area contributed by atoms with Crippen molar-refractivity contribution in [3.63, 3.8) is 0 Å². The summed E-state index contributed by atoms with van der Waals surface area (Å²) < 4.78 is 0. The quantitative estimate of drug-likeness (QED) is 0.877. The Bertz CT molecular complexity index is 491. The molecule has 0 aliphatic heterocycles. The summed E-state index contributed by atoms with van der Waals surface area (Å²) in [5.41, 5.74) is 0.209. The smallest absolute Gasteiger partial charge is 0.326 e. The number of carboxylic acids is 1. The lowest BCUT2D eigenvalue weighted by Gasteiger charge is -2.20. The van der Waals surface area contributed by atoms with Gasteiger partial charge < -0.3 is 10.4 Å². The van der Waals surface area contributed by atoms with E-state index in [2.05, 4.69) is 5.32 Å². The van der Waals surface area contributed by atoms with Crippen LogP contribution in [0.1, 0.15) is 30.6 Å². The van der Waals surface area contributed by atoms with Crippen LogP contribution >= 0.6 is 23.2 Å². The average Bonchev–Trinajstić information content (AvgIpc) is 2.34. The number of carboxylic acid groups (broad SMARTS) is 1. The number of amides is 1. The molecule has 4 nitrogen and oxygen atoms in total. The summed E-state index contributed by atoms with van der Waals surface area (Å²) in [6.45, 7) is 3.63. The van der Waals surface area contributed by atoms with Gasteiger partial charge in [0.2, 0.25) is 0 Å². The molecule has 0 heterocycles. The van der Waals surface area contributed by atoms with E-state index in [-0.39, 0.29) is 16.5 Å².